The Labute approximate surface area is 100 Å². The second-order valence-corrected chi connectivity index (χ2v) is 4.23. The highest BCUT2D eigenvalue weighted by molar-refractivity contribution is 6.10. The van der Waals surface area contributed by atoms with Gasteiger partial charge in [-0.3, -0.25) is 5.41 Å². The van der Waals surface area contributed by atoms with Crippen molar-refractivity contribution in [2.24, 2.45) is 4.99 Å². The zero-order valence-corrected chi connectivity index (χ0v) is 9.64. The molecular weight excluding hydrogens is 210 g/mol. The fraction of sp³-hybridized carbons (Fsp3) is 0.143. The van der Waals surface area contributed by atoms with Gasteiger partial charge in [0.15, 0.2) is 5.84 Å². The molecule has 0 amide bonds. The molecule has 0 radical (unpaired) electrons. The molecule has 17 heavy (non-hydrogen) atoms. The lowest BCUT2D eigenvalue weighted by molar-refractivity contribution is 0.511. The predicted molar refractivity (Wildman–Crippen MR) is 69.1 cm³/mol. The number of nitrogens with one attached hydrogen (secondary N) is 1. The molecule has 84 valence electrons. The first-order valence-corrected chi connectivity index (χ1v) is 5.64. The first-order valence-electron chi connectivity index (χ1n) is 5.64. The number of fused-ring (bicyclic) bond motifs is 2. The van der Waals surface area contributed by atoms with Crippen molar-refractivity contribution < 1.29 is 0 Å². The third-order valence-electron chi connectivity index (χ3n) is 3.11. The minimum absolute atomic E-state index is 0.345. The maximum absolute atomic E-state index is 8.03. The highest BCUT2D eigenvalue weighted by atomic mass is 15.2. The first kappa shape index (κ1) is 10.0. The molecule has 0 atom stereocenters. The molecular formula is C14H13N3. The van der Waals surface area contributed by atoms with Gasteiger partial charge in [0.2, 0.25) is 0 Å². The second kappa shape index (κ2) is 3.70. The normalized spacial score (nSPS) is 17.9. The highest BCUT2D eigenvalue weighted by Crippen LogP contribution is 2.22. The van der Waals surface area contributed by atoms with Crippen LogP contribution in [0, 0.1) is 5.41 Å². The lowest BCUT2D eigenvalue weighted by Crippen LogP contribution is -2.28. The van der Waals surface area contributed by atoms with E-state index in [1.165, 1.54) is 0 Å². The Kier molecular flexibility index (Phi) is 2.18. The van der Waals surface area contributed by atoms with Crippen molar-refractivity contribution in [2.45, 2.75) is 13.5 Å². The molecule has 2 aliphatic rings. The van der Waals surface area contributed by atoms with E-state index in [0.717, 1.165) is 29.2 Å². The van der Waals surface area contributed by atoms with E-state index < -0.39 is 0 Å². The lowest BCUT2D eigenvalue weighted by atomic mass is 10.1. The fourth-order valence-corrected chi connectivity index (χ4v) is 2.17. The lowest BCUT2D eigenvalue weighted by Gasteiger charge is -2.26. The molecule has 0 saturated carbocycles. The van der Waals surface area contributed by atoms with Crippen LogP contribution in [-0.2, 0) is 6.54 Å². The molecule has 0 saturated heterocycles. The summed E-state index contributed by atoms with van der Waals surface area (Å²) < 4.78 is 0. The van der Waals surface area contributed by atoms with Gasteiger partial charge in [0.05, 0.1) is 0 Å². The minimum atomic E-state index is 0.345. The monoisotopic (exact) mass is 223 g/mol. The van der Waals surface area contributed by atoms with Gasteiger partial charge in [0.1, 0.15) is 5.84 Å². The van der Waals surface area contributed by atoms with Crippen molar-refractivity contribution in [3.8, 4) is 0 Å². The molecule has 3 nitrogen and oxygen atoms in total. The van der Waals surface area contributed by atoms with Crippen LogP contribution in [0.25, 0.3) is 0 Å². The molecule has 2 aliphatic heterocycles. The van der Waals surface area contributed by atoms with Crippen molar-refractivity contribution in [1.82, 2.24) is 4.90 Å². The summed E-state index contributed by atoms with van der Waals surface area (Å²) in [4.78, 5) is 6.53. The quantitative estimate of drug-likeness (QED) is 0.721. The third kappa shape index (κ3) is 1.60. The third-order valence-corrected chi connectivity index (χ3v) is 3.11. The van der Waals surface area contributed by atoms with Crippen LogP contribution < -0.4 is 0 Å². The number of nitrogens with zero attached hydrogens (tertiary/aromatic N) is 2. The maximum Gasteiger partial charge on any atom is 0.154 e. The Bertz CT molecular complexity index is 579. The average Bonchev–Trinajstić information content (AvgIpc) is 2.47. The van der Waals surface area contributed by atoms with Crippen molar-refractivity contribution in [3.63, 3.8) is 0 Å². The summed E-state index contributed by atoms with van der Waals surface area (Å²) in [5.74, 6) is 1.20. The maximum atomic E-state index is 8.03. The van der Waals surface area contributed by atoms with E-state index in [0.29, 0.717) is 5.84 Å². The summed E-state index contributed by atoms with van der Waals surface area (Å²) in [7, 11) is 0. The molecule has 0 aromatic heterocycles. The van der Waals surface area contributed by atoms with E-state index in [2.05, 4.69) is 29.0 Å². The number of hydrogen-bond donors (Lipinski definition) is 1. The smallest absolute Gasteiger partial charge is 0.154 e. The number of rotatable bonds is 0. The Hall–Kier alpha value is -2.16. The molecule has 2 heterocycles. The summed E-state index contributed by atoms with van der Waals surface area (Å²) >= 11 is 0. The van der Waals surface area contributed by atoms with Crippen LogP contribution in [0.2, 0.25) is 0 Å². The summed E-state index contributed by atoms with van der Waals surface area (Å²) in [5.41, 5.74) is 3.24. The molecule has 0 bridgehead atoms. The number of benzene rings is 1. The average molecular weight is 223 g/mol. The van der Waals surface area contributed by atoms with Crippen molar-refractivity contribution in [3.05, 3.63) is 59.3 Å². The molecule has 0 fully saturated rings. The SMILES string of the molecule is CC1=CC=CC2=NC(=N)c3ccccc3CN12. The summed E-state index contributed by atoms with van der Waals surface area (Å²) in [5, 5.41) is 8.03. The van der Waals surface area contributed by atoms with E-state index in [-0.39, 0.29) is 0 Å². The van der Waals surface area contributed by atoms with E-state index in [4.69, 9.17) is 5.41 Å². The topological polar surface area (TPSA) is 39.5 Å². The second-order valence-electron chi connectivity index (χ2n) is 4.23. The number of hydrogen-bond acceptors (Lipinski definition) is 2. The van der Waals surface area contributed by atoms with Crippen LogP contribution in [0.1, 0.15) is 18.1 Å². The molecule has 1 aromatic rings. The Morgan fingerprint density at radius 2 is 2.12 bits per heavy atom. The standard InChI is InChI=1S/C14H13N3/c1-10-5-4-8-13-16-14(15)12-7-3-2-6-11(12)9-17(10)13/h2-8,15H,9H2,1H3. The van der Waals surface area contributed by atoms with E-state index >= 15 is 0 Å². The van der Waals surface area contributed by atoms with Crippen LogP contribution in [0.5, 0.6) is 0 Å². The number of aliphatic imine (C=N–C) groups is 1. The fourth-order valence-electron chi connectivity index (χ4n) is 2.17. The van der Waals surface area contributed by atoms with Gasteiger partial charge in [-0.2, -0.15) is 0 Å². The van der Waals surface area contributed by atoms with Crippen LogP contribution in [0.15, 0.2) is 53.2 Å². The summed E-state index contributed by atoms with van der Waals surface area (Å²) in [6, 6.07) is 7.99. The zero-order chi connectivity index (χ0) is 11.8. The van der Waals surface area contributed by atoms with Gasteiger partial charge < -0.3 is 4.90 Å². The first-order chi connectivity index (χ1) is 8.25. The molecule has 1 N–H and O–H groups in total. The van der Waals surface area contributed by atoms with Gasteiger partial charge in [-0.15, -0.1) is 0 Å². The van der Waals surface area contributed by atoms with Crippen LogP contribution in [0.4, 0.5) is 0 Å². The molecule has 3 rings (SSSR count). The van der Waals surface area contributed by atoms with E-state index in [1.807, 2.05) is 30.4 Å². The van der Waals surface area contributed by atoms with Crippen molar-refractivity contribution in [1.29, 1.82) is 5.41 Å². The molecule has 0 aliphatic carbocycles. The van der Waals surface area contributed by atoms with Crippen molar-refractivity contribution in [2.75, 3.05) is 0 Å². The molecule has 3 heteroatoms. The largest absolute Gasteiger partial charge is 0.326 e. The van der Waals surface area contributed by atoms with Crippen LogP contribution in [0.3, 0.4) is 0 Å². The number of allylic oxidation sites excluding steroid dienone is 3. The highest BCUT2D eigenvalue weighted by Gasteiger charge is 2.21. The molecule has 1 aromatic carbocycles. The van der Waals surface area contributed by atoms with Gasteiger partial charge in [0.25, 0.3) is 0 Å². The predicted octanol–water partition coefficient (Wildman–Crippen LogP) is 2.70. The Morgan fingerprint density at radius 3 is 3.00 bits per heavy atom. The Morgan fingerprint density at radius 1 is 1.29 bits per heavy atom. The molecule has 0 unspecified atom stereocenters. The van der Waals surface area contributed by atoms with E-state index in [9.17, 15) is 0 Å². The summed E-state index contributed by atoms with van der Waals surface area (Å²) in [6.45, 7) is 2.85. The van der Waals surface area contributed by atoms with Crippen LogP contribution in [-0.4, -0.2) is 16.6 Å². The number of amidine groups is 2. The van der Waals surface area contributed by atoms with Gasteiger partial charge in [-0.05, 0) is 24.6 Å². The van der Waals surface area contributed by atoms with Gasteiger partial charge in [0, 0.05) is 17.8 Å². The van der Waals surface area contributed by atoms with Crippen molar-refractivity contribution >= 4 is 11.7 Å². The van der Waals surface area contributed by atoms with Gasteiger partial charge >= 0.3 is 0 Å². The van der Waals surface area contributed by atoms with E-state index in [1.54, 1.807) is 0 Å². The van der Waals surface area contributed by atoms with Crippen LogP contribution >= 0.6 is 0 Å². The molecule has 0 spiro atoms. The Balaban J connectivity index is 2.15. The van der Waals surface area contributed by atoms with Gasteiger partial charge in [-0.25, -0.2) is 4.99 Å². The van der Waals surface area contributed by atoms with Gasteiger partial charge in [-0.1, -0.05) is 30.3 Å². The zero-order valence-electron chi connectivity index (χ0n) is 9.64. The summed E-state index contributed by atoms with van der Waals surface area (Å²) in [6.07, 6.45) is 6.00. The minimum Gasteiger partial charge on any atom is -0.326 e.